The molecule has 0 aliphatic rings. The Hall–Kier alpha value is -3.40. The minimum atomic E-state index is -0.243. The van der Waals surface area contributed by atoms with Crippen molar-refractivity contribution in [3.63, 3.8) is 0 Å². The van der Waals surface area contributed by atoms with E-state index in [0.29, 0.717) is 17.7 Å². The lowest BCUT2D eigenvalue weighted by atomic mass is 10.1. The monoisotopic (exact) mass is 358 g/mol. The molecular formula is C23H22N2O2. The number of rotatable bonds is 5. The third kappa shape index (κ3) is 5.05. The summed E-state index contributed by atoms with van der Waals surface area (Å²) >= 11 is 0. The summed E-state index contributed by atoms with van der Waals surface area (Å²) in [4.78, 5) is 24.9. The lowest BCUT2D eigenvalue weighted by molar-refractivity contribution is 0.0951. The van der Waals surface area contributed by atoms with Gasteiger partial charge >= 0.3 is 0 Å². The summed E-state index contributed by atoms with van der Waals surface area (Å²) in [6.07, 6.45) is 0. The highest BCUT2D eigenvalue weighted by Crippen LogP contribution is 2.12. The molecule has 3 aromatic carbocycles. The molecule has 2 amide bonds. The van der Waals surface area contributed by atoms with Crippen LogP contribution in [0.25, 0.3) is 0 Å². The van der Waals surface area contributed by atoms with Crippen LogP contribution in [-0.2, 0) is 6.54 Å². The summed E-state index contributed by atoms with van der Waals surface area (Å²) in [6.45, 7) is 4.45. The van der Waals surface area contributed by atoms with Gasteiger partial charge in [0.2, 0.25) is 0 Å². The first-order valence-corrected chi connectivity index (χ1v) is 8.83. The fourth-order valence-electron chi connectivity index (χ4n) is 2.75. The number of carbonyl (C=O) groups is 2. The van der Waals surface area contributed by atoms with E-state index >= 15 is 0 Å². The standard InChI is InChI=1S/C23H22N2O2/c1-16-9-11-21(12-10-16)25-23(27)20-8-4-7-19(14-20)22(26)24-15-18-6-3-5-17(2)13-18/h3-14H,15H2,1-2H3,(H,24,26)(H,25,27). The Labute approximate surface area is 159 Å². The lowest BCUT2D eigenvalue weighted by Crippen LogP contribution is -2.23. The summed E-state index contributed by atoms with van der Waals surface area (Å²) in [5, 5.41) is 5.74. The molecule has 136 valence electrons. The molecule has 0 aliphatic carbocycles. The van der Waals surface area contributed by atoms with Crippen LogP contribution < -0.4 is 10.6 Å². The summed E-state index contributed by atoms with van der Waals surface area (Å²) in [7, 11) is 0. The van der Waals surface area contributed by atoms with E-state index in [-0.39, 0.29) is 11.8 Å². The number of aryl methyl sites for hydroxylation is 2. The van der Waals surface area contributed by atoms with Crippen LogP contribution in [0.4, 0.5) is 5.69 Å². The van der Waals surface area contributed by atoms with E-state index in [0.717, 1.165) is 22.4 Å². The fourth-order valence-corrected chi connectivity index (χ4v) is 2.75. The van der Waals surface area contributed by atoms with Crippen molar-refractivity contribution in [2.75, 3.05) is 5.32 Å². The molecule has 0 aliphatic heterocycles. The van der Waals surface area contributed by atoms with E-state index < -0.39 is 0 Å². The third-order valence-electron chi connectivity index (χ3n) is 4.23. The Morgan fingerprint density at radius 1 is 0.741 bits per heavy atom. The summed E-state index contributed by atoms with van der Waals surface area (Å²) in [5.74, 6) is -0.450. The number of anilines is 1. The van der Waals surface area contributed by atoms with Crippen molar-refractivity contribution in [3.8, 4) is 0 Å². The molecule has 0 fully saturated rings. The van der Waals surface area contributed by atoms with Crippen LogP contribution in [0.2, 0.25) is 0 Å². The maximum Gasteiger partial charge on any atom is 0.255 e. The predicted molar refractivity (Wildman–Crippen MR) is 108 cm³/mol. The molecule has 0 radical (unpaired) electrons. The number of carbonyl (C=O) groups excluding carboxylic acids is 2. The van der Waals surface area contributed by atoms with Gasteiger partial charge in [-0.2, -0.15) is 0 Å². The van der Waals surface area contributed by atoms with E-state index in [2.05, 4.69) is 10.6 Å². The highest BCUT2D eigenvalue weighted by atomic mass is 16.2. The zero-order valence-corrected chi connectivity index (χ0v) is 15.5. The topological polar surface area (TPSA) is 58.2 Å². The normalized spacial score (nSPS) is 10.3. The molecule has 0 unspecified atom stereocenters. The summed E-state index contributed by atoms with van der Waals surface area (Å²) < 4.78 is 0. The van der Waals surface area contributed by atoms with E-state index in [1.807, 2.05) is 62.4 Å². The molecule has 3 rings (SSSR count). The predicted octanol–water partition coefficient (Wildman–Crippen LogP) is 4.49. The zero-order chi connectivity index (χ0) is 19.2. The van der Waals surface area contributed by atoms with Crippen molar-refractivity contribution in [2.24, 2.45) is 0 Å². The van der Waals surface area contributed by atoms with Gasteiger partial charge in [-0.15, -0.1) is 0 Å². The van der Waals surface area contributed by atoms with Crippen molar-refractivity contribution in [2.45, 2.75) is 20.4 Å². The number of hydrogen-bond donors (Lipinski definition) is 2. The molecule has 27 heavy (non-hydrogen) atoms. The van der Waals surface area contributed by atoms with Crippen molar-refractivity contribution in [1.29, 1.82) is 0 Å². The Morgan fingerprint density at radius 3 is 2.11 bits per heavy atom. The first kappa shape index (κ1) is 18.4. The molecule has 0 saturated carbocycles. The fraction of sp³-hybridized carbons (Fsp3) is 0.130. The van der Waals surface area contributed by atoms with Crippen LogP contribution >= 0.6 is 0 Å². The first-order chi connectivity index (χ1) is 13.0. The molecule has 0 atom stereocenters. The van der Waals surface area contributed by atoms with E-state index in [1.165, 1.54) is 0 Å². The van der Waals surface area contributed by atoms with Crippen LogP contribution in [0.5, 0.6) is 0 Å². The van der Waals surface area contributed by atoms with Gasteiger partial charge in [-0.25, -0.2) is 0 Å². The molecule has 0 spiro atoms. The van der Waals surface area contributed by atoms with Gasteiger partial charge < -0.3 is 10.6 Å². The molecule has 0 saturated heterocycles. The SMILES string of the molecule is Cc1ccc(NC(=O)c2cccc(C(=O)NCc3cccc(C)c3)c2)cc1. The number of benzene rings is 3. The second-order valence-corrected chi connectivity index (χ2v) is 6.57. The Balaban J connectivity index is 1.66. The van der Waals surface area contributed by atoms with Gasteiger partial charge in [-0.3, -0.25) is 9.59 Å². The van der Waals surface area contributed by atoms with Gasteiger partial charge in [-0.05, 0) is 49.7 Å². The van der Waals surface area contributed by atoms with Crippen LogP contribution in [0.15, 0.2) is 72.8 Å². The highest BCUT2D eigenvalue weighted by molar-refractivity contribution is 6.06. The van der Waals surface area contributed by atoms with Crippen LogP contribution in [0, 0.1) is 13.8 Å². The van der Waals surface area contributed by atoms with Gasteiger partial charge in [0, 0.05) is 23.4 Å². The number of nitrogens with one attached hydrogen (secondary N) is 2. The van der Waals surface area contributed by atoms with E-state index in [9.17, 15) is 9.59 Å². The first-order valence-electron chi connectivity index (χ1n) is 8.83. The van der Waals surface area contributed by atoms with E-state index in [4.69, 9.17) is 0 Å². The lowest BCUT2D eigenvalue weighted by Gasteiger charge is -2.09. The van der Waals surface area contributed by atoms with Gasteiger partial charge in [0.15, 0.2) is 0 Å². The van der Waals surface area contributed by atoms with Gasteiger partial charge in [0.25, 0.3) is 11.8 Å². The van der Waals surface area contributed by atoms with Gasteiger partial charge in [0.1, 0.15) is 0 Å². The van der Waals surface area contributed by atoms with Crippen LogP contribution in [0.3, 0.4) is 0 Å². The average Bonchev–Trinajstić information content (AvgIpc) is 2.68. The Kier molecular flexibility index (Phi) is 5.67. The molecule has 0 bridgehead atoms. The maximum atomic E-state index is 12.4. The largest absolute Gasteiger partial charge is 0.348 e. The molecule has 4 heteroatoms. The molecular weight excluding hydrogens is 336 g/mol. The van der Waals surface area contributed by atoms with E-state index in [1.54, 1.807) is 24.3 Å². The van der Waals surface area contributed by atoms with Gasteiger partial charge in [0.05, 0.1) is 0 Å². The molecule has 0 heterocycles. The van der Waals surface area contributed by atoms with Crippen LogP contribution in [-0.4, -0.2) is 11.8 Å². The summed E-state index contributed by atoms with van der Waals surface area (Å²) in [5.41, 5.74) is 4.94. The highest BCUT2D eigenvalue weighted by Gasteiger charge is 2.11. The number of hydrogen-bond acceptors (Lipinski definition) is 2. The third-order valence-corrected chi connectivity index (χ3v) is 4.23. The number of amides is 2. The second-order valence-electron chi connectivity index (χ2n) is 6.57. The summed E-state index contributed by atoms with van der Waals surface area (Å²) in [6, 6.07) is 22.3. The maximum absolute atomic E-state index is 12.4. The van der Waals surface area contributed by atoms with Crippen LogP contribution in [0.1, 0.15) is 37.4 Å². The van der Waals surface area contributed by atoms with Gasteiger partial charge in [-0.1, -0.05) is 53.6 Å². The van der Waals surface area contributed by atoms with Crippen molar-refractivity contribution in [1.82, 2.24) is 5.32 Å². The minimum absolute atomic E-state index is 0.207. The van der Waals surface area contributed by atoms with Crippen molar-refractivity contribution in [3.05, 3.63) is 101 Å². The molecule has 2 N–H and O–H groups in total. The quantitative estimate of drug-likeness (QED) is 0.706. The zero-order valence-electron chi connectivity index (χ0n) is 15.5. The molecule has 3 aromatic rings. The van der Waals surface area contributed by atoms with Crippen molar-refractivity contribution < 1.29 is 9.59 Å². The Morgan fingerprint density at radius 2 is 1.41 bits per heavy atom. The molecule has 0 aromatic heterocycles. The minimum Gasteiger partial charge on any atom is -0.348 e. The van der Waals surface area contributed by atoms with Crippen molar-refractivity contribution >= 4 is 17.5 Å². The molecule has 4 nitrogen and oxygen atoms in total. The smallest absolute Gasteiger partial charge is 0.255 e. The Bertz CT molecular complexity index is 962. The average molecular weight is 358 g/mol. The second kappa shape index (κ2) is 8.32.